The van der Waals surface area contributed by atoms with Crippen LogP contribution in [-0.4, -0.2) is 11.2 Å². The van der Waals surface area contributed by atoms with Gasteiger partial charge in [0.05, 0.1) is 0 Å². The van der Waals surface area contributed by atoms with E-state index in [2.05, 4.69) is 9.98 Å². The van der Waals surface area contributed by atoms with Crippen LogP contribution in [0, 0.1) is 6.92 Å². The van der Waals surface area contributed by atoms with Crippen molar-refractivity contribution in [2.24, 2.45) is 4.99 Å². The Labute approximate surface area is 65.1 Å². The first-order valence-corrected chi connectivity index (χ1v) is 3.49. The number of rotatable bonds is 2. The molecule has 4 nitrogen and oxygen atoms in total. The van der Waals surface area contributed by atoms with Gasteiger partial charge in [-0.3, -0.25) is 0 Å². The summed E-state index contributed by atoms with van der Waals surface area (Å²) in [6.07, 6.45) is 2.61. The van der Waals surface area contributed by atoms with E-state index in [4.69, 9.17) is 10.2 Å². The summed E-state index contributed by atoms with van der Waals surface area (Å²) in [6, 6.07) is 0. The molecule has 60 valence electrons. The van der Waals surface area contributed by atoms with Gasteiger partial charge in [-0.25, -0.2) is 4.99 Å². The lowest BCUT2D eigenvalue weighted by atomic mass is 10.5. The molecule has 0 atom stereocenters. The normalized spacial score (nSPS) is 11.1. The number of nitrogen functional groups attached to an aromatic ring is 1. The molecule has 0 unspecified atom stereocenters. The quantitative estimate of drug-likeness (QED) is 0.657. The van der Waals surface area contributed by atoms with Gasteiger partial charge in [0.1, 0.15) is 0 Å². The maximum absolute atomic E-state index is 5.44. The van der Waals surface area contributed by atoms with Gasteiger partial charge < -0.3 is 10.2 Å². The van der Waals surface area contributed by atoms with E-state index in [1.807, 2.05) is 6.92 Å². The summed E-state index contributed by atoms with van der Waals surface area (Å²) >= 11 is 0. The second kappa shape index (κ2) is 3.18. The average molecular weight is 153 g/mol. The molecule has 0 radical (unpaired) electrons. The van der Waals surface area contributed by atoms with Crippen molar-refractivity contribution in [3.63, 3.8) is 0 Å². The molecule has 4 heteroatoms. The number of nitrogens with zero attached hydrogens (tertiary/aromatic N) is 2. The molecule has 0 bridgehead atoms. The monoisotopic (exact) mass is 153 g/mol. The lowest BCUT2D eigenvalue weighted by Gasteiger charge is -1.83. The second-order valence-electron chi connectivity index (χ2n) is 2.14. The number of aryl methyl sites for hydroxylation is 1. The highest BCUT2D eigenvalue weighted by Gasteiger charge is 2.03. The van der Waals surface area contributed by atoms with Gasteiger partial charge in [-0.2, -0.15) is 4.98 Å². The van der Waals surface area contributed by atoms with E-state index in [0.717, 1.165) is 6.42 Å². The van der Waals surface area contributed by atoms with E-state index in [1.165, 1.54) is 0 Å². The molecule has 0 aliphatic heterocycles. The van der Waals surface area contributed by atoms with Gasteiger partial charge in [0.2, 0.25) is 11.7 Å². The molecule has 0 spiro atoms. The molecule has 1 aromatic rings. The minimum absolute atomic E-state index is 0.284. The van der Waals surface area contributed by atoms with Gasteiger partial charge in [0.15, 0.2) is 5.89 Å². The van der Waals surface area contributed by atoms with Crippen LogP contribution in [0.5, 0.6) is 0 Å². The van der Waals surface area contributed by atoms with E-state index in [-0.39, 0.29) is 5.88 Å². The third-order valence-corrected chi connectivity index (χ3v) is 1.14. The lowest BCUT2D eigenvalue weighted by molar-refractivity contribution is 0.539. The predicted molar refractivity (Wildman–Crippen MR) is 44.1 cm³/mol. The smallest absolute Gasteiger partial charge is 0.237 e. The molecule has 2 N–H and O–H groups in total. The zero-order chi connectivity index (χ0) is 8.27. The van der Waals surface area contributed by atoms with Crippen LogP contribution in [0.4, 0.5) is 11.7 Å². The molecular formula is C7H11N3O. The topological polar surface area (TPSA) is 64.4 Å². The van der Waals surface area contributed by atoms with Gasteiger partial charge >= 0.3 is 0 Å². The van der Waals surface area contributed by atoms with Crippen molar-refractivity contribution in [2.75, 3.05) is 5.73 Å². The van der Waals surface area contributed by atoms with Gasteiger partial charge in [-0.15, -0.1) is 0 Å². The van der Waals surface area contributed by atoms with Crippen LogP contribution in [0.15, 0.2) is 9.41 Å². The molecular weight excluding hydrogens is 142 g/mol. The SMILES string of the molecule is CC/C=N\c1nc(C)oc1N. The van der Waals surface area contributed by atoms with E-state index in [0.29, 0.717) is 11.7 Å². The van der Waals surface area contributed by atoms with Crippen LogP contribution in [0.25, 0.3) is 0 Å². The number of aliphatic imine (C=N–C) groups is 1. The number of oxazole rings is 1. The maximum Gasteiger partial charge on any atom is 0.237 e. The van der Waals surface area contributed by atoms with E-state index in [9.17, 15) is 0 Å². The average Bonchev–Trinajstić information content (AvgIpc) is 2.26. The molecule has 1 heterocycles. The first-order chi connectivity index (χ1) is 5.24. The number of hydrogen-bond donors (Lipinski definition) is 1. The Bertz CT molecular complexity index is 265. The lowest BCUT2D eigenvalue weighted by Crippen LogP contribution is -1.80. The van der Waals surface area contributed by atoms with Crippen molar-refractivity contribution in [3.05, 3.63) is 5.89 Å². The van der Waals surface area contributed by atoms with E-state index < -0.39 is 0 Å². The largest absolute Gasteiger partial charge is 0.423 e. The molecule has 0 amide bonds. The Balaban J connectivity index is 2.85. The fourth-order valence-electron chi connectivity index (χ4n) is 0.702. The molecule has 0 saturated carbocycles. The Morgan fingerprint density at radius 1 is 1.73 bits per heavy atom. The van der Waals surface area contributed by atoms with Crippen LogP contribution in [0.2, 0.25) is 0 Å². The molecule has 1 aromatic heterocycles. The number of aromatic nitrogens is 1. The molecule has 0 aliphatic rings. The molecule has 11 heavy (non-hydrogen) atoms. The van der Waals surface area contributed by atoms with Crippen molar-refractivity contribution in [3.8, 4) is 0 Å². The molecule has 1 rings (SSSR count). The highest BCUT2D eigenvalue weighted by Crippen LogP contribution is 2.20. The first kappa shape index (κ1) is 7.78. The summed E-state index contributed by atoms with van der Waals surface area (Å²) in [7, 11) is 0. The van der Waals surface area contributed by atoms with Crippen LogP contribution in [-0.2, 0) is 0 Å². The van der Waals surface area contributed by atoms with Crippen molar-refractivity contribution < 1.29 is 4.42 Å². The Morgan fingerprint density at radius 3 is 2.91 bits per heavy atom. The zero-order valence-corrected chi connectivity index (χ0v) is 6.66. The van der Waals surface area contributed by atoms with Crippen LogP contribution in [0.1, 0.15) is 19.2 Å². The number of anilines is 1. The third kappa shape index (κ3) is 1.80. The van der Waals surface area contributed by atoms with Gasteiger partial charge in [0, 0.05) is 13.1 Å². The Kier molecular flexibility index (Phi) is 2.25. The maximum atomic E-state index is 5.44. The summed E-state index contributed by atoms with van der Waals surface area (Å²) < 4.78 is 4.96. The number of nitrogens with two attached hydrogens (primary N) is 1. The van der Waals surface area contributed by atoms with Crippen LogP contribution >= 0.6 is 0 Å². The zero-order valence-electron chi connectivity index (χ0n) is 6.66. The van der Waals surface area contributed by atoms with Gasteiger partial charge in [-0.05, 0) is 6.42 Å². The predicted octanol–water partition coefficient (Wildman–Crippen LogP) is 1.68. The second-order valence-corrected chi connectivity index (χ2v) is 2.14. The van der Waals surface area contributed by atoms with E-state index >= 15 is 0 Å². The van der Waals surface area contributed by atoms with Crippen LogP contribution in [0.3, 0.4) is 0 Å². The van der Waals surface area contributed by atoms with Gasteiger partial charge in [-0.1, -0.05) is 6.92 Å². The highest BCUT2D eigenvalue weighted by atomic mass is 16.4. The first-order valence-electron chi connectivity index (χ1n) is 3.49. The molecule has 0 fully saturated rings. The summed E-state index contributed by atoms with van der Waals surface area (Å²) in [6.45, 7) is 3.73. The summed E-state index contributed by atoms with van der Waals surface area (Å²) in [5.41, 5.74) is 5.44. The standard InChI is InChI=1S/C7H11N3O/c1-3-4-9-7-6(8)11-5(2)10-7/h4H,3,8H2,1-2H3/b9-4-. The number of hydrogen-bond acceptors (Lipinski definition) is 4. The van der Waals surface area contributed by atoms with Crippen molar-refractivity contribution in [2.45, 2.75) is 20.3 Å². The fraction of sp³-hybridized carbons (Fsp3) is 0.429. The minimum Gasteiger partial charge on any atom is -0.423 e. The molecule has 0 aromatic carbocycles. The Hall–Kier alpha value is -1.32. The summed E-state index contributed by atoms with van der Waals surface area (Å²) in [5, 5.41) is 0. The fourth-order valence-corrected chi connectivity index (χ4v) is 0.702. The summed E-state index contributed by atoms with van der Waals surface area (Å²) in [5.74, 6) is 1.31. The highest BCUT2D eigenvalue weighted by molar-refractivity contribution is 5.65. The van der Waals surface area contributed by atoms with Crippen molar-refractivity contribution in [1.29, 1.82) is 0 Å². The minimum atomic E-state index is 0.284. The molecule has 0 aliphatic carbocycles. The Morgan fingerprint density at radius 2 is 2.45 bits per heavy atom. The van der Waals surface area contributed by atoms with Crippen molar-refractivity contribution >= 4 is 17.9 Å². The summed E-state index contributed by atoms with van der Waals surface area (Å²) in [4.78, 5) is 7.95. The van der Waals surface area contributed by atoms with Crippen LogP contribution < -0.4 is 5.73 Å². The van der Waals surface area contributed by atoms with Gasteiger partial charge in [0.25, 0.3) is 0 Å². The van der Waals surface area contributed by atoms with E-state index in [1.54, 1.807) is 13.1 Å². The third-order valence-electron chi connectivity index (χ3n) is 1.14. The van der Waals surface area contributed by atoms with Crippen molar-refractivity contribution in [1.82, 2.24) is 4.98 Å². The molecule has 0 saturated heterocycles.